The molecule has 0 saturated carbocycles. The van der Waals surface area contributed by atoms with Gasteiger partial charge in [0, 0.05) is 0 Å². The maximum Gasteiger partial charge on any atom is 0.340 e. The van der Waals surface area contributed by atoms with Crippen molar-refractivity contribution in [3.8, 4) is 0 Å². The number of benzene rings is 1. The molecule has 0 bridgehead atoms. The lowest BCUT2D eigenvalue weighted by Crippen LogP contribution is -2.17. The minimum atomic E-state index is -0.457. The SMILES string of the molecule is CCOC(=O)c1ccccc1NC(=O)Cc1ccco1. The second kappa shape index (κ2) is 6.56. The normalized spacial score (nSPS) is 10.1. The molecule has 0 spiro atoms. The largest absolute Gasteiger partial charge is 0.469 e. The summed E-state index contributed by atoms with van der Waals surface area (Å²) in [5, 5.41) is 2.69. The lowest BCUT2D eigenvalue weighted by Gasteiger charge is -2.09. The molecule has 2 aromatic rings. The lowest BCUT2D eigenvalue weighted by molar-refractivity contribution is -0.115. The van der Waals surface area contributed by atoms with Gasteiger partial charge in [0.2, 0.25) is 5.91 Å². The van der Waals surface area contributed by atoms with E-state index in [9.17, 15) is 9.59 Å². The molecule has 2 rings (SSSR count). The van der Waals surface area contributed by atoms with Gasteiger partial charge in [-0.3, -0.25) is 4.79 Å². The van der Waals surface area contributed by atoms with E-state index in [1.807, 2.05) is 0 Å². The molecule has 0 aliphatic carbocycles. The molecule has 0 atom stereocenters. The number of esters is 1. The molecule has 20 heavy (non-hydrogen) atoms. The van der Waals surface area contributed by atoms with Crippen molar-refractivity contribution in [3.05, 3.63) is 54.0 Å². The number of furan rings is 1. The van der Waals surface area contributed by atoms with Gasteiger partial charge in [-0.15, -0.1) is 0 Å². The molecular weight excluding hydrogens is 258 g/mol. The number of hydrogen-bond donors (Lipinski definition) is 1. The van der Waals surface area contributed by atoms with Crippen molar-refractivity contribution >= 4 is 17.6 Å². The third-order valence-electron chi connectivity index (χ3n) is 2.61. The number of anilines is 1. The number of carbonyl (C=O) groups is 2. The van der Waals surface area contributed by atoms with Crippen LogP contribution in [0.25, 0.3) is 0 Å². The van der Waals surface area contributed by atoms with Crippen molar-refractivity contribution in [2.75, 3.05) is 11.9 Å². The minimum Gasteiger partial charge on any atom is -0.469 e. The fraction of sp³-hybridized carbons (Fsp3) is 0.200. The van der Waals surface area contributed by atoms with E-state index in [0.717, 1.165) is 0 Å². The molecule has 104 valence electrons. The van der Waals surface area contributed by atoms with Crippen molar-refractivity contribution in [2.24, 2.45) is 0 Å². The Kier molecular flexibility index (Phi) is 4.55. The number of ether oxygens (including phenoxy) is 1. The van der Waals surface area contributed by atoms with E-state index in [4.69, 9.17) is 9.15 Å². The highest BCUT2D eigenvalue weighted by molar-refractivity contribution is 6.01. The molecule has 1 heterocycles. The predicted molar refractivity (Wildman–Crippen MR) is 73.4 cm³/mol. The van der Waals surface area contributed by atoms with Crippen LogP contribution in [-0.4, -0.2) is 18.5 Å². The van der Waals surface area contributed by atoms with E-state index in [2.05, 4.69) is 5.32 Å². The Hall–Kier alpha value is -2.56. The average molecular weight is 273 g/mol. The van der Waals surface area contributed by atoms with Gasteiger partial charge in [0.1, 0.15) is 5.76 Å². The molecule has 0 radical (unpaired) electrons. The van der Waals surface area contributed by atoms with Crippen molar-refractivity contribution in [3.63, 3.8) is 0 Å². The summed E-state index contributed by atoms with van der Waals surface area (Å²) in [6.07, 6.45) is 1.62. The monoisotopic (exact) mass is 273 g/mol. The average Bonchev–Trinajstić information content (AvgIpc) is 2.92. The second-order valence-electron chi connectivity index (χ2n) is 4.07. The van der Waals surface area contributed by atoms with E-state index in [1.54, 1.807) is 43.3 Å². The molecule has 1 N–H and O–H groups in total. The van der Waals surface area contributed by atoms with E-state index in [-0.39, 0.29) is 18.9 Å². The van der Waals surface area contributed by atoms with Gasteiger partial charge < -0.3 is 14.5 Å². The van der Waals surface area contributed by atoms with Gasteiger partial charge in [0.05, 0.1) is 30.5 Å². The fourth-order valence-electron chi connectivity index (χ4n) is 1.74. The van der Waals surface area contributed by atoms with Crippen LogP contribution in [0.2, 0.25) is 0 Å². The number of rotatable bonds is 5. The zero-order chi connectivity index (χ0) is 14.4. The molecule has 5 nitrogen and oxygen atoms in total. The van der Waals surface area contributed by atoms with E-state index in [1.165, 1.54) is 6.26 Å². The summed E-state index contributed by atoms with van der Waals surface area (Å²) in [7, 11) is 0. The first-order valence-electron chi connectivity index (χ1n) is 6.29. The Bertz CT molecular complexity index is 590. The van der Waals surface area contributed by atoms with Gasteiger partial charge in [0.25, 0.3) is 0 Å². The van der Waals surface area contributed by atoms with Gasteiger partial charge >= 0.3 is 5.97 Å². The van der Waals surface area contributed by atoms with Crippen molar-refractivity contribution in [1.82, 2.24) is 0 Å². The summed E-state index contributed by atoms with van der Waals surface area (Å²) >= 11 is 0. The van der Waals surface area contributed by atoms with E-state index in [0.29, 0.717) is 17.0 Å². The van der Waals surface area contributed by atoms with Crippen LogP contribution in [0.3, 0.4) is 0 Å². The Labute approximate surface area is 116 Å². The Morgan fingerprint density at radius 3 is 2.70 bits per heavy atom. The molecule has 5 heteroatoms. The van der Waals surface area contributed by atoms with Gasteiger partial charge in [0.15, 0.2) is 0 Å². The Morgan fingerprint density at radius 2 is 2.00 bits per heavy atom. The number of hydrogen-bond acceptors (Lipinski definition) is 4. The summed E-state index contributed by atoms with van der Waals surface area (Å²) in [6, 6.07) is 10.2. The zero-order valence-electron chi connectivity index (χ0n) is 11.1. The standard InChI is InChI=1S/C15H15NO4/c1-2-19-15(18)12-7-3-4-8-13(12)16-14(17)10-11-6-5-9-20-11/h3-9H,2,10H2,1H3,(H,16,17). The van der Waals surface area contributed by atoms with Crippen LogP contribution in [0.5, 0.6) is 0 Å². The third-order valence-corrected chi connectivity index (χ3v) is 2.61. The van der Waals surface area contributed by atoms with Crippen LogP contribution in [-0.2, 0) is 16.0 Å². The van der Waals surface area contributed by atoms with Crippen LogP contribution < -0.4 is 5.32 Å². The third kappa shape index (κ3) is 3.47. The Balaban J connectivity index is 2.09. The maximum absolute atomic E-state index is 11.9. The maximum atomic E-state index is 11.9. The topological polar surface area (TPSA) is 68.5 Å². The first kappa shape index (κ1) is 13.9. The number of carbonyl (C=O) groups excluding carboxylic acids is 2. The van der Waals surface area contributed by atoms with Crippen molar-refractivity contribution in [2.45, 2.75) is 13.3 Å². The lowest BCUT2D eigenvalue weighted by atomic mass is 10.1. The summed E-state index contributed by atoms with van der Waals surface area (Å²) in [6.45, 7) is 2.02. The molecule has 1 aromatic heterocycles. The molecular formula is C15H15NO4. The van der Waals surface area contributed by atoms with Crippen LogP contribution in [0.1, 0.15) is 23.0 Å². The van der Waals surface area contributed by atoms with Crippen molar-refractivity contribution in [1.29, 1.82) is 0 Å². The molecule has 0 aliphatic heterocycles. The van der Waals surface area contributed by atoms with Crippen LogP contribution >= 0.6 is 0 Å². The fourth-order valence-corrected chi connectivity index (χ4v) is 1.74. The van der Waals surface area contributed by atoms with Gasteiger partial charge in [-0.2, -0.15) is 0 Å². The number of para-hydroxylation sites is 1. The first-order chi connectivity index (χ1) is 9.70. The van der Waals surface area contributed by atoms with Crippen molar-refractivity contribution < 1.29 is 18.7 Å². The van der Waals surface area contributed by atoms with Gasteiger partial charge in [-0.05, 0) is 31.2 Å². The second-order valence-corrected chi connectivity index (χ2v) is 4.07. The minimum absolute atomic E-state index is 0.115. The summed E-state index contributed by atoms with van der Waals surface area (Å²) in [4.78, 5) is 23.7. The quantitative estimate of drug-likeness (QED) is 0.850. The number of amides is 1. The molecule has 1 aromatic carbocycles. The number of nitrogens with one attached hydrogen (secondary N) is 1. The molecule has 0 fully saturated rings. The summed E-state index contributed by atoms with van der Waals surface area (Å²) < 4.78 is 10.1. The highest BCUT2D eigenvalue weighted by Gasteiger charge is 2.14. The van der Waals surface area contributed by atoms with E-state index >= 15 is 0 Å². The molecule has 1 amide bonds. The van der Waals surface area contributed by atoms with E-state index < -0.39 is 5.97 Å². The highest BCUT2D eigenvalue weighted by Crippen LogP contribution is 2.16. The molecule has 0 saturated heterocycles. The van der Waals surface area contributed by atoms with Gasteiger partial charge in [-0.1, -0.05) is 12.1 Å². The predicted octanol–water partition coefficient (Wildman–Crippen LogP) is 2.64. The van der Waals surface area contributed by atoms with Gasteiger partial charge in [-0.25, -0.2) is 4.79 Å². The van der Waals surface area contributed by atoms with Crippen LogP contribution in [0.15, 0.2) is 47.1 Å². The smallest absolute Gasteiger partial charge is 0.340 e. The highest BCUT2D eigenvalue weighted by atomic mass is 16.5. The zero-order valence-corrected chi connectivity index (χ0v) is 11.1. The molecule has 0 aliphatic rings. The molecule has 0 unspecified atom stereocenters. The Morgan fingerprint density at radius 1 is 1.20 bits per heavy atom. The van der Waals surface area contributed by atoms with Crippen LogP contribution in [0, 0.1) is 0 Å². The summed E-state index contributed by atoms with van der Waals surface area (Å²) in [5.41, 5.74) is 0.768. The van der Waals surface area contributed by atoms with Crippen LogP contribution in [0.4, 0.5) is 5.69 Å². The summed E-state index contributed by atoms with van der Waals surface area (Å²) in [5.74, 6) is -0.144. The first-order valence-corrected chi connectivity index (χ1v) is 6.29.